The molecule has 17 heavy (non-hydrogen) atoms. The molecular formula is C14H17NO2. The number of nitrogens with zero attached hydrogens (tertiary/aromatic N) is 1. The molecule has 2 rings (SSSR count). The standard InChI is InChI=1S/C14H17NO2/c1-16-13-8-6-11(10-14(13)17-2)5-7-12-4-3-9-15-12/h5-8,10H,3-4,9H2,1-2H3/b7-5+. The average molecular weight is 231 g/mol. The van der Waals surface area contributed by atoms with Gasteiger partial charge in [-0.05, 0) is 36.6 Å². The molecule has 1 aliphatic rings. The Kier molecular flexibility index (Phi) is 3.81. The molecule has 1 aliphatic heterocycles. The molecule has 0 atom stereocenters. The van der Waals surface area contributed by atoms with Crippen molar-refractivity contribution in [2.75, 3.05) is 20.8 Å². The van der Waals surface area contributed by atoms with Crippen molar-refractivity contribution in [1.29, 1.82) is 0 Å². The molecule has 0 saturated carbocycles. The summed E-state index contributed by atoms with van der Waals surface area (Å²) in [6.07, 6.45) is 6.40. The molecule has 0 spiro atoms. The highest BCUT2D eigenvalue weighted by Crippen LogP contribution is 2.28. The van der Waals surface area contributed by atoms with Gasteiger partial charge in [0.15, 0.2) is 11.5 Å². The number of allylic oxidation sites excluding steroid dienone is 1. The lowest BCUT2D eigenvalue weighted by Gasteiger charge is -2.07. The summed E-state index contributed by atoms with van der Waals surface area (Å²) in [6.45, 7) is 0.964. The van der Waals surface area contributed by atoms with Gasteiger partial charge in [-0.3, -0.25) is 4.99 Å². The van der Waals surface area contributed by atoms with Crippen molar-refractivity contribution >= 4 is 11.8 Å². The van der Waals surface area contributed by atoms with Crippen molar-refractivity contribution < 1.29 is 9.47 Å². The molecular weight excluding hydrogens is 214 g/mol. The summed E-state index contributed by atoms with van der Waals surface area (Å²) in [7, 11) is 3.28. The lowest BCUT2D eigenvalue weighted by atomic mass is 10.1. The third-order valence-electron chi connectivity index (χ3n) is 2.78. The first kappa shape index (κ1) is 11.7. The largest absolute Gasteiger partial charge is 0.493 e. The third kappa shape index (κ3) is 2.87. The summed E-state index contributed by atoms with van der Waals surface area (Å²) in [5, 5.41) is 0. The first-order chi connectivity index (χ1) is 8.33. The van der Waals surface area contributed by atoms with Crippen LogP contribution in [0.1, 0.15) is 18.4 Å². The van der Waals surface area contributed by atoms with Crippen molar-refractivity contribution in [3.05, 3.63) is 29.8 Å². The number of aliphatic imine (C=N–C) groups is 1. The van der Waals surface area contributed by atoms with Crippen molar-refractivity contribution in [2.45, 2.75) is 12.8 Å². The van der Waals surface area contributed by atoms with E-state index in [9.17, 15) is 0 Å². The Morgan fingerprint density at radius 1 is 1.12 bits per heavy atom. The van der Waals surface area contributed by atoms with E-state index in [0.717, 1.165) is 30.0 Å². The second kappa shape index (κ2) is 5.53. The normalized spacial score (nSPS) is 15.1. The summed E-state index contributed by atoms with van der Waals surface area (Å²) in [5.41, 5.74) is 2.28. The van der Waals surface area contributed by atoms with E-state index in [-0.39, 0.29) is 0 Å². The molecule has 0 fully saturated rings. The Balaban J connectivity index is 2.16. The fraction of sp³-hybridized carbons (Fsp3) is 0.357. The number of rotatable bonds is 4. The van der Waals surface area contributed by atoms with E-state index in [1.807, 2.05) is 18.2 Å². The van der Waals surface area contributed by atoms with Crippen LogP contribution in [0.25, 0.3) is 6.08 Å². The molecule has 0 radical (unpaired) electrons. The Morgan fingerprint density at radius 2 is 1.94 bits per heavy atom. The maximum atomic E-state index is 5.26. The van der Waals surface area contributed by atoms with Crippen LogP contribution in [-0.4, -0.2) is 26.5 Å². The van der Waals surface area contributed by atoms with Crippen LogP contribution in [0.3, 0.4) is 0 Å². The highest BCUT2D eigenvalue weighted by Gasteiger charge is 2.04. The van der Waals surface area contributed by atoms with Gasteiger partial charge in [0.25, 0.3) is 0 Å². The van der Waals surface area contributed by atoms with Crippen molar-refractivity contribution in [1.82, 2.24) is 0 Å². The molecule has 0 aliphatic carbocycles. The number of hydrogen-bond acceptors (Lipinski definition) is 3. The zero-order valence-corrected chi connectivity index (χ0v) is 10.3. The molecule has 3 nitrogen and oxygen atoms in total. The van der Waals surface area contributed by atoms with Gasteiger partial charge in [-0.2, -0.15) is 0 Å². The maximum Gasteiger partial charge on any atom is 0.161 e. The first-order valence-electron chi connectivity index (χ1n) is 5.77. The second-order valence-electron chi connectivity index (χ2n) is 3.92. The number of methoxy groups -OCH3 is 2. The van der Waals surface area contributed by atoms with Crippen LogP contribution in [0, 0.1) is 0 Å². The van der Waals surface area contributed by atoms with E-state index >= 15 is 0 Å². The lowest BCUT2D eigenvalue weighted by Crippen LogP contribution is -1.91. The zero-order valence-electron chi connectivity index (χ0n) is 10.3. The predicted octanol–water partition coefficient (Wildman–Crippen LogP) is 2.95. The quantitative estimate of drug-likeness (QED) is 0.797. The van der Waals surface area contributed by atoms with E-state index in [4.69, 9.17) is 9.47 Å². The molecule has 90 valence electrons. The molecule has 0 saturated heterocycles. The Labute approximate surface area is 102 Å². The second-order valence-corrected chi connectivity index (χ2v) is 3.92. The van der Waals surface area contributed by atoms with Crippen LogP contribution in [0.15, 0.2) is 29.3 Å². The minimum atomic E-state index is 0.753. The molecule has 1 aromatic carbocycles. The summed E-state index contributed by atoms with van der Waals surface area (Å²) in [5.74, 6) is 1.51. The number of benzene rings is 1. The zero-order chi connectivity index (χ0) is 12.1. The summed E-state index contributed by atoms with van der Waals surface area (Å²) in [4.78, 5) is 4.40. The van der Waals surface area contributed by atoms with Crippen LogP contribution >= 0.6 is 0 Å². The van der Waals surface area contributed by atoms with Crippen molar-refractivity contribution in [3.63, 3.8) is 0 Å². The molecule has 0 unspecified atom stereocenters. The highest BCUT2D eigenvalue weighted by atomic mass is 16.5. The SMILES string of the molecule is COc1ccc(/C=C/C2=NCCC2)cc1OC. The molecule has 1 aromatic rings. The maximum absolute atomic E-state index is 5.26. The van der Waals surface area contributed by atoms with Gasteiger partial charge in [0.05, 0.1) is 14.2 Å². The van der Waals surface area contributed by atoms with Gasteiger partial charge in [0.1, 0.15) is 0 Å². The lowest BCUT2D eigenvalue weighted by molar-refractivity contribution is 0.355. The Morgan fingerprint density at radius 3 is 2.59 bits per heavy atom. The van der Waals surface area contributed by atoms with E-state index in [1.165, 1.54) is 12.1 Å². The van der Waals surface area contributed by atoms with E-state index in [0.29, 0.717) is 0 Å². The van der Waals surface area contributed by atoms with E-state index < -0.39 is 0 Å². The monoisotopic (exact) mass is 231 g/mol. The first-order valence-corrected chi connectivity index (χ1v) is 5.77. The predicted molar refractivity (Wildman–Crippen MR) is 70.1 cm³/mol. The van der Waals surface area contributed by atoms with Gasteiger partial charge in [-0.1, -0.05) is 12.1 Å². The molecule has 0 aromatic heterocycles. The highest BCUT2D eigenvalue weighted by molar-refractivity contribution is 5.99. The van der Waals surface area contributed by atoms with Crippen LogP contribution in [0.5, 0.6) is 11.5 Å². The van der Waals surface area contributed by atoms with Crippen LogP contribution in [0.2, 0.25) is 0 Å². The molecule has 3 heteroatoms. The van der Waals surface area contributed by atoms with Gasteiger partial charge in [0.2, 0.25) is 0 Å². The topological polar surface area (TPSA) is 30.8 Å². The van der Waals surface area contributed by atoms with Gasteiger partial charge < -0.3 is 9.47 Å². The Bertz CT molecular complexity index is 450. The average Bonchev–Trinajstić information content (AvgIpc) is 2.89. The van der Waals surface area contributed by atoms with Gasteiger partial charge in [-0.15, -0.1) is 0 Å². The Hall–Kier alpha value is -1.77. The van der Waals surface area contributed by atoms with Crippen LogP contribution < -0.4 is 9.47 Å². The summed E-state index contributed by atoms with van der Waals surface area (Å²) >= 11 is 0. The fourth-order valence-electron chi connectivity index (χ4n) is 1.85. The van der Waals surface area contributed by atoms with Crippen LogP contribution in [0.4, 0.5) is 0 Å². The van der Waals surface area contributed by atoms with Crippen molar-refractivity contribution in [2.24, 2.45) is 4.99 Å². The van der Waals surface area contributed by atoms with E-state index in [1.54, 1.807) is 14.2 Å². The van der Waals surface area contributed by atoms with E-state index in [2.05, 4.69) is 17.1 Å². The number of ether oxygens (including phenoxy) is 2. The molecule has 1 heterocycles. The summed E-state index contributed by atoms with van der Waals surface area (Å²) < 4.78 is 10.5. The molecule has 0 N–H and O–H groups in total. The molecule has 0 bridgehead atoms. The van der Waals surface area contributed by atoms with Gasteiger partial charge in [0, 0.05) is 12.3 Å². The minimum absolute atomic E-state index is 0.753. The minimum Gasteiger partial charge on any atom is -0.493 e. The molecule has 0 amide bonds. The third-order valence-corrected chi connectivity index (χ3v) is 2.78. The van der Waals surface area contributed by atoms with Crippen molar-refractivity contribution in [3.8, 4) is 11.5 Å². The van der Waals surface area contributed by atoms with Crippen LogP contribution in [-0.2, 0) is 0 Å². The number of hydrogen-bond donors (Lipinski definition) is 0. The smallest absolute Gasteiger partial charge is 0.161 e. The van der Waals surface area contributed by atoms with Gasteiger partial charge >= 0.3 is 0 Å². The summed E-state index contributed by atoms with van der Waals surface area (Å²) in [6, 6.07) is 5.88. The van der Waals surface area contributed by atoms with Gasteiger partial charge in [-0.25, -0.2) is 0 Å². The fourth-order valence-corrected chi connectivity index (χ4v) is 1.85.